The number of hydrogen-bond donors (Lipinski definition) is 1. The van der Waals surface area contributed by atoms with E-state index < -0.39 is 0 Å². The van der Waals surface area contributed by atoms with Gasteiger partial charge in [0.15, 0.2) is 0 Å². The van der Waals surface area contributed by atoms with Crippen molar-refractivity contribution in [2.24, 2.45) is 5.10 Å². The molecule has 2 heterocycles. The molecule has 0 bridgehead atoms. The SMILES string of the molecule is O=C(Cc1ccccc1)N1N=C(c2c(-c3ccccc3)c3cc(Cl)ccc3[nH]c2=O)C[C@H]1c1ccccc1. The number of hydrogen-bond acceptors (Lipinski definition) is 3. The van der Waals surface area contributed by atoms with Crippen LogP contribution < -0.4 is 5.56 Å². The summed E-state index contributed by atoms with van der Waals surface area (Å²) in [6.45, 7) is 0. The minimum atomic E-state index is -0.319. The first-order valence-electron chi connectivity index (χ1n) is 12.5. The highest BCUT2D eigenvalue weighted by Gasteiger charge is 2.35. The summed E-state index contributed by atoms with van der Waals surface area (Å²) < 4.78 is 0. The number of halogens is 1. The lowest BCUT2D eigenvalue weighted by molar-refractivity contribution is -0.132. The first-order chi connectivity index (χ1) is 18.6. The van der Waals surface area contributed by atoms with Crippen LogP contribution in [0.15, 0.2) is 119 Å². The number of H-pyrrole nitrogens is 1. The van der Waals surface area contributed by atoms with Crippen LogP contribution >= 0.6 is 11.6 Å². The quantitative estimate of drug-likeness (QED) is 0.279. The zero-order valence-corrected chi connectivity index (χ0v) is 21.2. The van der Waals surface area contributed by atoms with Gasteiger partial charge in [0.25, 0.3) is 5.56 Å². The van der Waals surface area contributed by atoms with Crippen molar-refractivity contribution in [3.63, 3.8) is 0 Å². The van der Waals surface area contributed by atoms with E-state index in [1.807, 2.05) is 103 Å². The van der Waals surface area contributed by atoms with Crippen LogP contribution in [-0.4, -0.2) is 21.6 Å². The molecule has 6 rings (SSSR count). The van der Waals surface area contributed by atoms with E-state index in [-0.39, 0.29) is 23.9 Å². The van der Waals surface area contributed by atoms with Gasteiger partial charge in [0.1, 0.15) is 0 Å². The molecule has 38 heavy (non-hydrogen) atoms. The maximum atomic E-state index is 13.6. The van der Waals surface area contributed by atoms with E-state index in [1.165, 1.54) is 0 Å². The number of pyridine rings is 1. The topological polar surface area (TPSA) is 65.5 Å². The van der Waals surface area contributed by atoms with Crippen LogP contribution in [0.25, 0.3) is 22.0 Å². The molecule has 1 amide bonds. The predicted octanol–water partition coefficient (Wildman–Crippen LogP) is 6.77. The van der Waals surface area contributed by atoms with Crippen molar-refractivity contribution in [1.29, 1.82) is 0 Å². The molecule has 1 N–H and O–H groups in total. The fourth-order valence-corrected chi connectivity index (χ4v) is 5.29. The van der Waals surface area contributed by atoms with Gasteiger partial charge in [-0.05, 0) is 34.9 Å². The monoisotopic (exact) mass is 517 g/mol. The molecule has 5 nitrogen and oxygen atoms in total. The second-order valence-corrected chi connectivity index (χ2v) is 9.77. The molecule has 0 fully saturated rings. The second kappa shape index (κ2) is 10.1. The standard InChI is InChI=1S/C32H24ClN3O2/c33-24-16-17-26-25(19-24)30(23-14-8-3-9-15-23)31(32(38)34-26)27-20-28(22-12-6-2-7-13-22)36(35-27)29(37)18-21-10-4-1-5-11-21/h1-17,19,28H,18,20H2,(H,34,38)/t28-/m0/s1. The number of aromatic nitrogens is 1. The lowest BCUT2D eigenvalue weighted by Crippen LogP contribution is -2.28. The molecule has 186 valence electrons. The van der Waals surface area contributed by atoms with E-state index in [4.69, 9.17) is 16.7 Å². The Bertz CT molecular complexity index is 1710. The average Bonchev–Trinajstić information content (AvgIpc) is 3.39. The molecule has 1 aliphatic heterocycles. The van der Waals surface area contributed by atoms with Crippen LogP contribution in [0, 0.1) is 0 Å². The van der Waals surface area contributed by atoms with Crippen molar-refractivity contribution in [3.8, 4) is 11.1 Å². The molecule has 0 radical (unpaired) electrons. The van der Waals surface area contributed by atoms with Gasteiger partial charge in [0.2, 0.25) is 5.91 Å². The average molecular weight is 518 g/mol. The zero-order chi connectivity index (χ0) is 26.1. The van der Waals surface area contributed by atoms with Crippen LogP contribution in [0.5, 0.6) is 0 Å². The second-order valence-electron chi connectivity index (χ2n) is 9.34. The molecule has 4 aromatic carbocycles. The maximum absolute atomic E-state index is 13.6. The molecule has 0 spiro atoms. The fraction of sp³-hybridized carbons (Fsp3) is 0.0938. The normalized spacial score (nSPS) is 15.0. The number of aromatic amines is 1. The smallest absolute Gasteiger partial charge is 0.258 e. The lowest BCUT2D eigenvalue weighted by atomic mass is 9.91. The van der Waals surface area contributed by atoms with E-state index in [0.29, 0.717) is 28.2 Å². The van der Waals surface area contributed by atoms with E-state index in [0.717, 1.165) is 27.6 Å². The summed E-state index contributed by atoms with van der Waals surface area (Å²) >= 11 is 6.40. The largest absolute Gasteiger partial charge is 0.321 e. The Morgan fingerprint density at radius 1 is 0.868 bits per heavy atom. The lowest BCUT2D eigenvalue weighted by Gasteiger charge is -2.22. The van der Waals surface area contributed by atoms with Gasteiger partial charge in [-0.2, -0.15) is 5.10 Å². The number of rotatable bonds is 5. The van der Waals surface area contributed by atoms with Crippen LogP contribution in [0.3, 0.4) is 0 Å². The number of nitrogens with zero attached hydrogens (tertiary/aromatic N) is 2. The summed E-state index contributed by atoms with van der Waals surface area (Å²) in [5.74, 6) is -0.124. The number of carbonyl (C=O) groups is 1. The minimum Gasteiger partial charge on any atom is -0.321 e. The van der Waals surface area contributed by atoms with Crippen LogP contribution in [0.2, 0.25) is 5.02 Å². The molecular weight excluding hydrogens is 494 g/mol. The van der Waals surface area contributed by atoms with Crippen molar-refractivity contribution in [3.05, 3.63) is 141 Å². The third-order valence-electron chi connectivity index (χ3n) is 6.88. The summed E-state index contributed by atoms with van der Waals surface area (Å²) in [6, 6.07) is 34.3. The summed E-state index contributed by atoms with van der Waals surface area (Å²) in [7, 11) is 0. The van der Waals surface area contributed by atoms with Crippen molar-refractivity contribution < 1.29 is 4.79 Å². The molecule has 1 aromatic heterocycles. The third-order valence-corrected chi connectivity index (χ3v) is 7.11. The Labute approximate surface area is 225 Å². The van der Waals surface area contributed by atoms with Gasteiger partial charge in [-0.15, -0.1) is 0 Å². The summed E-state index contributed by atoms with van der Waals surface area (Å²) in [4.78, 5) is 30.2. The van der Waals surface area contributed by atoms with Gasteiger partial charge in [-0.1, -0.05) is 103 Å². The molecule has 5 aromatic rings. The van der Waals surface area contributed by atoms with Gasteiger partial charge < -0.3 is 4.98 Å². The van der Waals surface area contributed by atoms with Gasteiger partial charge in [-0.3, -0.25) is 9.59 Å². The van der Waals surface area contributed by atoms with E-state index in [1.54, 1.807) is 11.1 Å². The Hall–Kier alpha value is -4.48. The summed E-state index contributed by atoms with van der Waals surface area (Å²) in [6.07, 6.45) is 0.635. The van der Waals surface area contributed by atoms with Crippen molar-refractivity contribution >= 4 is 34.1 Å². The Morgan fingerprint density at radius 2 is 1.53 bits per heavy atom. The first kappa shape index (κ1) is 23.9. The number of hydrazone groups is 1. The third kappa shape index (κ3) is 4.53. The van der Waals surface area contributed by atoms with Crippen LogP contribution in [-0.2, 0) is 11.2 Å². The Balaban J connectivity index is 1.52. The number of amides is 1. The number of benzene rings is 4. The van der Waals surface area contributed by atoms with Gasteiger partial charge in [-0.25, -0.2) is 5.01 Å². The number of fused-ring (bicyclic) bond motifs is 1. The van der Waals surface area contributed by atoms with E-state index in [9.17, 15) is 9.59 Å². The molecule has 0 saturated carbocycles. The fourth-order valence-electron chi connectivity index (χ4n) is 5.12. The van der Waals surface area contributed by atoms with Crippen molar-refractivity contribution in [2.75, 3.05) is 0 Å². The number of nitrogens with one attached hydrogen (secondary N) is 1. The molecule has 6 heteroatoms. The highest BCUT2D eigenvalue weighted by Crippen LogP contribution is 2.37. The maximum Gasteiger partial charge on any atom is 0.258 e. The molecular formula is C32H24ClN3O2. The highest BCUT2D eigenvalue weighted by molar-refractivity contribution is 6.31. The van der Waals surface area contributed by atoms with Crippen LogP contribution in [0.4, 0.5) is 0 Å². The predicted molar refractivity (Wildman–Crippen MR) is 152 cm³/mol. The summed E-state index contributed by atoms with van der Waals surface area (Å²) in [5, 5.41) is 7.78. The minimum absolute atomic E-state index is 0.124. The molecule has 1 atom stereocenters. The van der Waals surface area contributed by atoms with Gasteiger partial charge >= 0.3 is 0 Å². The molecule has 0 unspecified atom stereocenters. The van der Waals surface area contributed by atoms with Gasteiger partial charge in [0.05, 0.1) is 23.7 Å². The number of carbonyl (C=O) groups excluding carboxylic acids is 1. The molecule has 1 aliphatic rings. The Morgan fingerprint density at radius 3 is 2.24 bits per heavy atom. The van der Waals surface area contributed by atoms with Crippen molar-refractivity contribution in [2.45, 2.75) is 18.9 Å². The Kier molecular flexibility index (Phi) is 6.36. The first-order valence-corrected chi connectivity index (χ1v) is 12.9. The van der Waals surface area contributed by atoms with Gasteiger partial charge in [0, 0.05) is 27.9 Å². The molecule has 0 aliphatic carbocycles. The summed E-state index contributed by atoms with van der Waals surface area (Å²) in [5.41, 5.74) is 5.00. The van der Waals surface area contributed by atoms with Crippen LogP contribution in [0.1, 0.15) is 29.2 Å². The van der Waals surface area contributed by atoms with E-state index >= 15 is 0 Å². The zero-order valence-electron chi connectivity index (χ0n) is 20.5. The highest BCUT2D eigenvalue weighted by atomic mass is 35.5. The van der Waals surface area contributed by atoms with Crippen molar-refractivity contribution in [1.82, 2.24) is 9.99 Å². The molecule has 0 saturated heterocycles. The van der Waals surface area contributed by atoms with E-state index in [2.05, 4.69) is 4.98 Å².